The number of aromatic nitrogens is 17. The van der Waals surface area contributed by atoms with Crippen LogP contribution in [0.1, 0.15) is 102 Å². The van der Waals surface area contributed by atoms with Crippen LogP contribution in [0.2, 0.25) is 20.1 Å². The Kier molecular flexibility index (Phi) is 23.8. The number of pyridine rings is 1. The van der Waals surface area contributed by atoms with Gasteiger partial charge in [0.25, 0.3) is 0 Å². The van der Waals surface area contributed by atoms with Gasteiger partial charge in [0, 0.05) is 135 Å². The molecule has 6 unspecified atom stereocenters. The summed E-state index contributed by atoms with van der Waals surface area (Å²) >= 11 is 25.3. The van der Waals surface area contributed by atoms with Crippen LogP contribution in [-0.2, 0) is 33.0 Å². The Morgan fingerprint density at radius 3 is 1.26 bits per heavy atom. The van der Waals surface area contributed by atoms with Crippen LogP contribution >= 0.6 is 46.4 Å². The second-order valence-electron chi connectivity index (χ2n) is 30.6. The third-order valence-electron chi connectivity index (χ3n) is 22.7. The zero-order chi connectivity index (χ0) is 75.2. The summed E-state index contributed by atoms with van der Waals surface area (Å²) < 4.78 is 6.98. The van der Waals surface area contributed by atoms with Crippen LogP contribution in [0, 0.1) is 54.8 Å². The van der Waals surface area contributed by atoms with Crippen LogP contribution in [0.25, 0.3) is 0 Å². The molecule has 8 fully saturated rings. The van der Waals surface area contributed by atoms with E-state index >= 15 is 0 Å². The molecule has 4 aliphatic carbocycles. The van der Waals surface area contributed by atoms with Gasteiger partial charge in [-0.1, -0.05) is 59.4 Å². The smallest absolute Gasteiger partial charge is 0.230 e. The molecule has 108 heavy (non-hydrogen) atoms. The number of hydrogen-bond acceptors (Lipinski definition) is 25. The molecule has 9 aromatic heterocycles. The van der Waals surface area contributed by atoms with Gasteiger partial charge < -0.3 is 62.6 Å². The summed E-state index contributed by atoms with van der Waals surface area (Å²) in [5.74, 6) is 10.8. The van der Waals surface area contributed by atoms with E-state index in [1.807, 2.05) is 75.5 Å². The van der Waals surface area contributed by atoms with E-state index in [1.54, 1.807) is 64.3 Å². The van der Waals surface area contributed by atoms with Gasteiger partial charge in [-0.2, -0.15) is 40.3 Å². The van der Waals surface area contributed by atoms with Gasteiger partial charge >= 0.3 is 0 Å². The highest BCUT2D eigenvalue weighted by Crippen LogP contribution is 2.46. The van der Waals surface area contributed by atoms with E-state index in [0.29, 0.717) is 120 Å². The Morgan fingerprint density at radius 2 is 0.898 bits per heavy atom. The van der Waals surface area contributed by atoms with Crippen LogP contribution in [0.15, 0.2) is 86.4 Å². The molecular weight excluding hydrogens is 1450 g/mol. The molecule has 1 spiro atoms. The first-order chi connectivity index (χ1) is 52.1. The number of hydrogen-bond donors (Lipinski definition) is 9. The van der Waals surface area contributed by atoms with E-state index in [-0.39, 0.29) is 5.91 Å². The SMILES string of the molecule is CC(=O)N1CC2CC(Nc3nc(Nc4cnn(C)c4)ncc3Cl)CC2C1.CCN1CC2CC(Nc3nc(Nc4cnn(C)c4)ncc3Cl)CC2C1.Cc1cc(Nc2ncc(Cl)c(NC3CCC4(CCNCC4)CC3)n2)nn1C.Cc1ccc(N2CC3CC(Nc4nc(Nc5cnn(C)c5)ncc4Cl)CC3C2)nc1. The van der Waals surface area contributed by atoms with Gasteiger partial charge in [-0.25, -0.2) is 24.9 Å². The minimum absolute atomic E-state index is 0.175. The van der Waals surface area contributed by atoms with Crippen molar-refractivity contribution in [3.05, 3.63) is 118 Å². The number of amides is 1. The number of likely N-dealkylation sites (tertiary alicyclic amines) is 2. The maximum atomic E-state index is 11.5. The van der Waals surface area contributed by atoms with Crippen molar-refractivity contribution >= 4 is 128 Å². The van der Waals surface area contributed by atoms with Gasteiger partial charge in [-0.05, 0) is 163 Å². The van der Waals surface area contributed by atoms with Gasteiger partial charge in [-0.3, -0.25) is 23.5 Å². The summed E-state index contributed by atoms with van der Waals surface area (Å²) in [7, 11) is 7.50. The van der Waals surface area contributed by atoms with Gasteiger partial charge in [0.05, 0.1) is 60.4 Å². The lowest BCUT2D eigenvalue weighted by atomic mass is 9.67. The third kappa shape index (κ3) is 19.2. The molecule has 1 amide bonds. The van der Waals surface area contributed by atoms with Crippen molar-refractivity contribution in [2.24, 2.45) is 69.1 Å². The molecule has 4 saturated heterocycles. The lowest BCUT2D eigenvalue weighted by Gasteiger charge is -2.43. The topological polar surface area (TPSA) is 322 Å². The van der Waals surface area contributed by atoms with Crippen molar-refractivity contribution in [1.29, 1.82) is 0 Å². The first-order valence-electron chi connectivity index (χ1n) is 37.7. The van der Waals surface area contributed by atoms with Gasteiger partial charge in [-0.15, -0.1) is 0 Å². The number of nitrogens with one attached hydrogen (secondary N) is 9. The summed E-state index contributed by atoms with van der Waals surface area (Å²) in [4.78, 5) is 58.3. The summed E-state index contributed by atoms with van der Waals surface area (Å²) in [6, 6.07) is 7.77. The number of piperidine rings is 1. The lowest BCUT2D eigenvalue weighted by Crippen LogP contribution is -2.41. The highest BCUT2D eigenvalue weighted by atomic mass is 35.5. The molecule has 6 atom stereocenters. The molecule has 9 aromatic rings. The summed E-state index contributed by atoms with van der Waals surface area (Å²) in [6.07, 6.45) is 33.4. The fraction of sp³-hybridized carbons (Fsp3) is 0.541. The number of carbonyl (C=O) groups is 1. The number of carbonyl (C=O) groups excluding carboxylic acids is 1. The molecule has 34 heteroatoms. The zero-order valence-electron chi connectivity index (χ0n) is 62.6. The van der Waals surface area contributed by atoms with E-state index in [4.69, 9.17) is 46.4 Å². The number of nitrogens with zero attached hydrogens (tertiary/aromatic N) is 20. The van der Waals surface area contributed by atoms with Gasteiger partial charge in [0.2, 0.25) is 29.7 Å². The van der Waals surface area contributed by atoms with E-state index in [1.165, 1.54) is 70.0 Å². The van der Waals surface area contributed by atoms with Crippen molar-refractivity contribution in [3.63, 3.8) is 0 Å². The van der Waals surface area contributed by atoms with Gasteiger partial charge in [0.1, 0.15) is 25.9 Å². The Bertz CT molecular complexity index is 4450. The minimum Gasteiger partial charge on any atom is -0.366 e. The minimum atomic E-state index is 0.175. The second kappa shape index (κ2) is 33.9. The van der Waals surface area contributed by atoms with E-state index in [9.17, 15) is 4.79 Å². The molecule has 0 radical (unpaired) electrons. The Labute approximate surface area is 650 Å². The van der Waals surface area contributed by atoms with Crippen LogP contribution in [0.3, 0.4) is 0 Å². The van der Waals surface area contributed by atoms with Crippen LogP contribution < -0.4 is 52.8 Å². The highest BCUT2D eigenvalue weighted by molar-refractivity contribution is 6.33. The van der Waals surface area contributed by atoms with E-state index in [0.717, 1.165) is 118 Å². The molecule has 9 N–H and O–H groups in total. The lowest BCUT2D eigenvalue weighted by molar-refractivity contribution is -0.128. The monoisotopic (exact) mass is 1550 g/mol. The molecule has 574 valence electrons. The fourth-order valence-corrected chi connectivity index (χ4v) is 17.6. The van der Waals surface area contributed by atoms with Crippen LogP contribution in [-0.4, -0.2) is 183 Å². The standard InChI is InChI=1S/C21H25ClN8.C19H28ClN7.C17H22ClN7O.C17H24ClN7/c1-13-3-4-19(23-7-13)30-10-14-5-16(6-15(14)11-30)26-20-18(22)9-24-21(28-20)27-17-8-25-29(2)12-17;1-13-11-16(26-27(13)2)24-18-22-12-15(20)17(25-18)23-14-3-5-19(6-4-14)7-9-21-10-8-19;1-10(26)25-7-11-3-13(4-12(11)8-25)21-16-15(18)6-19-17(23-16)22-14-5-20-24(2)9-14;1-3-25-8-11-4-13(5-12(11)9-25)21-16-15(18)7-19-17(23-16)22-14-6-20-24(2)10-14/h3-4,7-9,12,14-16H,5-6,10-11H2,1-2H3,(H2,24,26,27,28);11-12,14,21H,3-10H2,1-2H3,(H2,22,23,24,25,26);5-6,9,11-13H,3-4,7-8H2,1-2H3,(H2,19,21,22,23);6-7,10-13H,3-5,8-9H2,1-2H3,(H2,19,21,22,23). The average molecular weight is 1550 g/mol. The summed E-state index contributed by atoms with van der Waals surface area (Å²) in [6.45, 7) is 17.8. The predicted molar refractivity (Wildman–Crippen MR) is 426 cm³/mol. The molecule has 0 aromatic carbocycles. The van der Waals surface area contributed by atoms with Crippen LogP contribution in [0.4, 0.5) is 75.8 Å². The number of rotatable bonds is 18. The zero-order valence-corrected chi connectivity index (χ0v) is 65.6. The Balaban J connectivity index is 0.000000121. The number of aryl methyl sites for hydroxylation is 6. The fourth-order valence-electron chi connectivity index (χ4n) is 17.0. The molecule has 17 rings (SSSR count). The number of fused-ring (bicyclic) bond motifs is 3. The maximum Gasteiger partial charge on any atom is 0.230 e. The second-order valence-corrected chi connectivity index (χ2v) is 32.2. The Hall–Kier alpha value is -8.94. The summed E-state index contributed by atoms with van der Waals surface area (Å²) in [5, 5.41) is 49.1. The average Bonchev–Trinajstić information content (AvgIpc) is 1.38. The Morgan fingerprint density at radius 1 is 0.500 bits per heavy atom. The largest absolute Gasteiger partial charge is 0.366 e. The molecule has 0 bridgehead atoms. The quantitative estimate of drug-likeness (QED) is 0.0385. The first kappa shape index (κ1) is 75.9. The van der Waals surface area contributed by atoms with Crippen molar-refractivity contribution in [3.8, 4) is 0 Å². The van der Waals surface area contributed by atoms with Crippen molar-refractivity contribution in [1.82, 2.24) is 99.1 Å². The molecule has 4 aliphatic heterocycles. The first-order valence-corrected chi connectivity index (χ1v) is 39.2. The van der Waals surface area contributed by atoms with E-state index in [2.05, 4.69) is 149 Å². The number of anilines is 13. The molecule has 8 aliphatic rings. The van der Waals surface area contributed by atoms with Crippen LogP contribution in [0.5, 0.6) is 0 Å². The molecule has 30 nitrogen and oxygen atoms in total. The van der Waals surface area contributed by atoms with Crippen molar-refractivity contribution in [2.75, 3.05) is 106 Å². The van der Waals surface area contributed by atoms with Gasteiger partial charge in [0.15, 0.2) is 29.1 Å². The highest BCUT2D eigenvalue weighted by Gasteiger charge is 2.44. The molecular formula is C74H99Cl4N29O. The van der Waals surface area contributed by atoms with Crippen molar-refractivity contribution in [2.45, 2.75) is 129 Å². The molecule has 13 heterocycles. The third-order valence-corrected chi connectivity index (χ3v) is 23.8. The predicted octanol–water partition coefficient (Wildman–Crippen LogP) is 12.3. The normalized spacial score (nSPS) is 23.3. The van der Waals surface area contributed by atoms with E-state index < -0.39 is 0 Å². The summed E-state index contributed by atoms with van der Waals surface area (Å²) in [5.41, 5.74) is 5.33. The molecule has 4 saturated carbocycles. The number of halogens is 4. The van der Waals surface area contributed by atoms with Crippen molar-refractivity contribution < 1.29 is 4.79 Å². The maximum absolute atomic E-state index is 11.5.